The van der Waals surface area contributed by atoms with Crippen molar-refractivity contribution in [1.29, 1.82) is 0 Å². The van der Waals surface area contributed by atoms with Gasteiger partial charge in [0.2, 0.25) is 0 Å². The molecule has 8 heteroatoms. The number of carbonyl (C=O) groups is 1. The van der Waals surface area contributed by atoms with Gasteiger partial charge in [-0.1, -0.05) is 0 Å². The molecule has 1 saturated heterocycles. The Balaban J connectivity index is 1.98. The fourth-order valence-electron chi connectivity index (χ4n) is 2.56. The molecule has 0 aromatic carbocycles. The van der Waals surface area contributed by atoms with E-state index in [9.17, 15) is 9.59 Å². The van der Waals surface area contributed by atoms with Crippen molar-refractivity contribution in [3.8, 4) is 11.4 Å². The van der Waals surface area contributed by atoms with Crippen LogP contribution < -0.4 is 5.56 Å². The van der Waals surface area contributed by atoms with Crippen molar-refractivity contribution in [1.82, 2.24) is 29.5 Å². The van der Waals surface area contributed by atoms with E-state index in [1.165, 1.54) is 16.8 Å². The van der Waals surface area contributed by atoms with Crippen molar-refractivity contribution in [3.05, 3.63) is 46.3 Å². The minimum absolute atomic E-state index is 0.148. The Kier molecular flexibility index (Phi) is 2.97. The molecule has 4 rings (SSSR count). The van der Waals surface area contributed by atoms with Crippen molar-refractivity contribution in [2.24, 2.45) is 0 Å². The zero-order valence-electron chi connectivity index (χ0n) is 12.5. The Morgan fingerprint density at radius 3 is 2.70 bits per heavy atom. The van der Waals surface area contributed by atoms with E-state index in [1.807, 2.05) is 6.92 Å². The predicted octanol–water partition coefficient (Wildman–Crippen LogP) is 0.634. The standard InChI is InChI=1S/C15H14N6O2/c1-9-7-18-10(8-17-9)13-12(15(23)20-5-2-6-20)14-16-4-3-11(22)21(14)19-13/h3-4,7-8,19H,2,5-6H2,1H3. The summed E-state index contributed by atoms with van der Waals surface area (Å²) in [7, 11) is 0. The number of amides is 1. The Hall–Kier alpha value is -3.03. The highest BCUT2D eigenvalue weighted by atomic mass is 16.2. The van der Waals surface area contributed by atoms with Crippen LogP contribution in [-0.4, -0.2) is 48.5 Å². The maximum Gasteiger partial charge on any atom is 0.272 e. The number of rotatable bonds is 2. The molecule has 1 aliphatic rings. The molecule has 1 fully saturated rings. The molecule has 1 N–H and O–H groups in total. The van der Waals surface area contributed by atoms with Crippen LogP contribution in [0, 0.1) is 6.92 Å². The number of aryl methyl sites for hydroxylation is 1. The zero-order chi connectivity index (χ0) is 16.0. The summed E-state index contributed by atoms with van der Waals surface area (Å²) >= 11 is 0. The molecule has 0 spiro atoms. The summed E-state index contributed by atoms with van der Waals surface area (Å²) in [5, 5.41) is 2.94. The first kappa shape index (κ1) is 13.6. The molecule has 1 amide bonds. The molecule has 0 bridgehead atoms. The summed E-state index contributed by atoms with van der Waals surface area (Å²) in [6.45, 7) is 3.26. The van der Waals surface area contributed by atoms with Crippen molar-refractivity contribution in [3.63, 3.8) is 0 Å². The average Bonchev–Trinajstić information content (AvgIpc) is 2.87. The van der Waals surface area contributed by atoms with E-state index >= 15 is 0 Å². The third kappa shape index (κ3) is 2.10. The number of fused-ring (bicyclic) bond motifs is 1. The third-order valence-corrected chi connectivity index (χ3v) is 3.94. The second-order valence-corrected chi connectivity index (χ2v) is 5.49. The lowest BCUT2D eigenvalue weighted by molar-refractivity contribution is 0.0654. The number of likely N-dealkylation sites (tertiary alicyclic amines) is 1. The molecular weight excluding hydrogens is 296 g/mol. The molecule has 0 aliphatic carbocycles. The van der Waals surface area contributed by atoms with E-state index in [0.717, 1.165) is 12.1 Å². The fourth-order valence-corrected chi connectivity index (χ4v) is 2.56. The number of nitrogens with zero attached hydrogens (tertiary/aromatic N) is 5. The fraction of sp³-hybridized carbons (Fsp3) is 0.267. The Labute approximate surface area is 130 Å². The largest absolute Gasteiger partial charge is 0.338 e. The molecule has 8 nitrogen and oxygen atoms in total. The number of H-pyrrole nitrogens is 1. The number of aromatic nitrogens is 5. The van der Waals surface area contributed by atoms with Gasteiger partial charge in [0.1, 0.15) is 11.3 Å². The highest BCUT2D eigenvalue weighted by molar-refractivity contribution is 6.05. The first-order valence-electron chi connectivity index (χ1n) is 7.33. The molecule has 0 unspecified atom stereocenters. The molecule has 0 atom stereocenters. The van der Waals surface area contributed by atoms with Gasteiger partial charge < -0.3 is 4.90 Å². The van der Waals surface area contributed by atoms with Gasteiger partial charge in [-0.3, -0.25) is 24.7 Å². The van der Waals surface area contributed by atoms with Crippen LogP contribution in [0.15, 0.2) is 29.5 Å². The van der Waals surface area contributed by atoms with E-state index in [1.54, 1.807) is 17.3 Å². The summed E-state index contributed by atoms with van der Waals surface area (Å²) in [5.74, 6) is -0.148. The Bertz CT molecular complexity index is 952. The Morgan fingerprint density at radius 2 is 2.04 bits per heavy atom. The van der Waals surface area contributed by atoms with Crippen LogP contribution in [0.5, 0.6) is 0 Å². The summed E-state index contributed by atoms with van der Waals surface area (Å²) in [4.78, 5) is 39.3. The molecule has 116 valence electrons. The smallest absolute Gasteiger partial charge is 0.272 e. The van der Waals surface area contributed by atoms with E-state index in [4.69, 9.17) is 0 Å². The minimum atomic E-state index is -0.279. The highest BCUT2D eigenvalue weighted by Crippen LogP contribution is 2.25. The van der Waals surface area contributed by atoms with Gasteiger partial charge in [-0.15, -0.1) is 0 Å². The van der Waals surface area contributed by atoms with Crippen LogP contribution in [0.3, 0.4) is 0 Å². The molecule has 4 heterocycles. The van der Waals surface area contributed by atoms with E-state index < -0.39 is 0 Å². The number of hydrogen-bond donors (Lipinski definition) is 1. The molecule has 0 radical (unpaired) electrons. The van der Waals surface area contributed by atoms with E-state index in [0.29, 0.717) is 35.7 Å². The second kappa shape index (κ2) is 5.01. The van der Waals surface area contributed by atoms with Crippen LogP contribution in [0.25, 0.3) is 17.0 Å². The van der Waals surface area contributed by atoms with Gasteiger partial charge in [-0.25, -0.2) is 9.50 Å². The van der Waals surface area contributed by atoms with Crippen LogP contribution in [0.1, 0.15) is 22.5 Å². The number of nitrogens with one attached hydrogen (secondary N) is 1. The predicted molar refractivity (Wildman–Crippen MR) is 82.1 cm³/mol. The van der Waals surface area contributed by atoms with Crippen LogP contribution >= 0.6 is 0 Å². The quantitative estimate of drug-likeness (QED) is 0.749. The van der Waals surface area contributed by atoms with Gasteiger partial charge in [0, 0.05) is 31.5 Å². The number of hydrogen-bond acceptors (Lipinski definition) is 5. The van der Waals surface area contributed by atoms with Gasteiger partial charge in [-0.2, -0.15) is 0 Å². The van der Waals surface area contributed by atoms with Gasteiger partial charge in [-0.05, 0) is 13.3 Å². The van der Waals surface area contributed by atoms with E-state index in [2.05, 4.69) is 20.1 Å². The van der Waals surface area contributed by atoms with Crippen molar-refractivity contribution >= 4 is 11.6 Å². The summed E-state index contributed by atoms with van der Waals surface area (Å²) in [5.41, 5.74) is 2.14. The first-order chi connectivity index (χ1) is 11.1. The molecule has 3 aromatic heterocycles. The lowest BCUT2D eigenvalue weighted by atomic mass is 10.1. The van der Waals surface area contributed by atoms with Gasteiger partial charge in [0.15, 0.2) is 5.65 Å². The van der Waals surface area contributed by atoms with Crippen LogP contribution in [0.2, 0.25) is 0 Å². The third-order valence-electron chi connectivity index (χ3n) is 3.94. The van der Waals surface area contributed by atoms with Crippen molar-refractivity contribution in [2.75, 3.05) is 13.1 Å². The first-order valence-corrected chi connectivity index (χ1v) is 7.33. The maximum atomic E-state index is 12.8. The van der Waals surface area contributed by atoms with Crippen molar-refractivity contribution < 1.29 is 4.79 Å². The van der Waals surface area contributed by atoms with Gasteiger partial charge in [0.05, 0.1) is 17.6 Å². The topological polar surface area (TPSA) is 96.2 Å². The molecule has 1 aliphatic heterocycles. The minimum Gasteiger partial charge on any atom is -0.338 e. The number of carbonyl (C=O) groups excluding carboxylic acids is 1. The summed E-state index contributed by atoms with van der Waals surface area (Å²) in [6.07, 6.45) is 5.59. The molecule has 0 saturated carbocycles. The monoisotopic (exact) mass is 310 g/mol. The summed E-state index contributed by atoms with van der Waals surface area (Å²) in [6, 6.07) is 1.34. The summed E-state index contributed by atoms with van der Waals surface area (Å²) < 4.78 is 1.27. The van der Waals surface area contributed by atoms with Crippen LogP contribution in [0.4, 0.5) is 0 Å². The van der Waals surface area contributed by atoms with Gasteiger partial charge in [0.25, 0.3) is 11.5 Å². The molecule has 3 aromatic rings. The SMILES string of the molecule is Cc1cnc(-c2[nH]n3c(=O)ccnc3c2C(=O)N2CCC2)cn1. The van der Waals surface area contributed by atoms with Gasteiger partial charge >= 0.3 is 0 Å². The average molecular weight is 310 g/mol. The maximum absolute atomic E-state index is 12.8. The zero-order valence-corrected chi connectivity index (χ0v) is 12.5. The molecule has 23 heavy (non-hydrogen) atoms. The van der Waals surface area contributed by atoms with Crippen LogP contribution in [-0.2, 0) is 0 Å². The molecular formula is C15H14N6O2. The Morgan fingerprint density at radius 1 is 1.22 bits per heavy atom. The normalized spacial score (nSPS) is 14.0. The van der Waals surface area contributed by atoms with E-state index in [-0.39, 0.29) is 11.5 Å². The second-order valence-electron chi connectivity index (χ2n) is 5.49. The lowest BCUT2D eigenvalue weighted by Crippen LogP contribution is -2.42. The van der Waals surface area contributed by atoms with Crippen molar-refractivity contribution in [2.45, 2.75) is 13.3 Å². The lowest BCUT2D eigenvalue weighted by Gasteiger charge is -2.30. The highest BCUT2D eigenvalue weighted by Gasteiger charge is 2.29. The number of aromatic amines is 1.